The minimum absolute atomic E-state index is 0.113. The second-order valence-electron chi connectivity index (χ2n) is 6.54. The van der Waals surface area contributed by atoms with Crippen LogP contribution in [0.5, 0.6) is 0 Å². The lowest BCUT2D eigenvalue weighted by molar-refractivity contribution is 0.0625. The largest absolute Gasteiger partial charge is 0.338 e. The average Bonchev–Trinajstić information content (AvgIpc) is 3.08. The van der Waals surface area contributed by atoms with Crippen LogP contribution < -0.4 is 0 Å². The first kappa shape index (κ1) is 16.9. The fraction of sp³-hybridized carbons (Fsp3) is 0.688. The minimum atomic E-state index is -3.14. The predicted octanol–water partition coefficient (Wildman–Crippen LogP) is 2.41. The molecule has 3 heterocycles. The third kappa shape index (κ3) is 3.78. The molecule has 1 aromatic heterocycles. The number of rotatable bonds is 3. The number of carbonyl (C=O) groups is 1. The smallest absolute Gasteiger partial charge is 0.263 e. The summed E-state index contributed by atoms with van der Waals surface area (Å²) in [7, 11) is -3.14. The van der Waals surface area contributed by atoms with Crippen LogP contribution in [0.2, 0.25) is 0 Å². The van der Waals surface area contributed by atoms with E-state index < -0.39 is 10.0 Å². The van der Waals surface area contributed by atoms with Gasteiger partial charge in [0.15, 0.2) is 0 Å². The highest BCUT2D eigenvalue weighted by molar-refractivity contribution is 7.88. The Balaban J connectivity index is 1.63. The van der Waals surface area contributed by atoms with Gasteiger partial charge in [0.25, 0.3) is 5.91 Å². The monoisotopic (exact) mass is 356 g/mol. The summed E-state index contributed by atoms with van der Waals surface area (Å²) in [4.78, 5) is 15.1. The second kappa shape index (κ2) is 6.91. The normalized spacial score (nSPS) is 24.7. The number of piperidine rings is 2. The Morgan fingerprint density at radius 1 is 1.17 bits per heavy atom. The Hall–Kier alpha value is -0.920. The lowest BCUT2D eigenvalue weighted by atomic mass is 9.85. The van der Waals surface area contributed by atoms with Gasteiger partial charge in [-0.2, -0.15) is 4.31 Å². The molecule has 1 amide bonds. The van der Waals surface area contributed by atoms with Crippen molar-refractivity contribution in [3.63, 3.8) is 0 Å². The molecule has 0 aromatic carbocycles. The third-order valence-electron chi connectivity index (χ3n) is 5.03. The molecule has 2 fully saturated rings. The zero-order valence-electron chi connectivity index (χ0n) is 13.5. The number of thiophene rings is 1. The quantitative estimate of drug-likeness (QED) is 0.836. The third-order valence-corrected chi connectivity index (χ3v) is 7.19. The maximum absolute atomic E-state index is 12.4. The van der Waals surface area contributed by atoms with Gasteiger partial charge < -0.3 is 4.90 Å². The van der Waals surface area contributed by atoms with Gasteiger partial charge in [0.2, 0.25) is 10.0 Å². The van der Waals surface area contributed by atoms with E-state index >= 15 is 0 Å². The molecular formula is C16H24N2O3S2. The number of sulfonamides is 1. The van der Waals surface area contributed by atoms with Crippen molar-refractivity contribution in [2.45, 2.75) is 38.1 Å². The molecule has 7 heteroatoms. The van der Waals surface area contributed by atoms with Crippen LogP contribution in [0.25, 0.3) is 0 Å². The standard InChI is InChI=1S/C16H24N2O3S2/c1-23(20,21)18-9-3-2-5-14(18)13-7-10-17(11-8-13)16(19)15-6-4-12-22-15/h4,6,12-14H,2-3,5,7-11H2,1H3/t14-/m1/s1. The predicted molar refractivity (Wildman–Crippen MR) is 92.1 cm³/mol. The van der Waals surface area contributed by atoms with Gasteiger partial charge in [-0.15, -0.1) is 11.3 Å². The summed E-state index contributed by atoms with van der Waals surface area (Å²) in [5.41, 5.74) is 0. The maximum atomic E-state index is 12.4. The van der Waals surface area contributed by atoms with E-state index in [1.165, 1.54) is 17.6 Å². The van der Waals surface area contributed by atoms with Gasteiger partial charge >= 0.3 is 0 Å². The first-order valence-electron chi connectivity index (χ1n) is 8.26. The molecule has 1 aromatic rings. The Kier molecular flexibility index (Phi) is 5.08. The molecule has 0 bridgehead atoms. The van der Waals surface area contributed by atoms with Gasteiger partial charge in [-0.1, -0.05) is 12.5 Å². The molecule has 23 heavy (non-hydrogen) atoms. The summed E-state index contributed by atoms with van der Waals surface area (Å²) < 4.78 is 25.8. The van der Waals surface area contributed by atoms with E-state index in [9.17, 15) is 13.2 Å². The maximum Gasteiger partial charge on any atom is 0.263 e. The van der Waals surface area contributed by atoms with Crippen molar-refractivity contribution in [2.75, 3.05) is 25.9 Å². The summed E-state index contributed by atoms with van der Waals surface area (Å²) in [6.07, 6.45) is 6.13. The molecular weight excluding hydrogens is 332 g/mol. The lowest BCUT2D eigenvalue weighted by Crippen LogP contribution is -2.50. The van der Waals surface area contributed by atoms with E-state index in [1.807, 2.05) is 22.4 Å². The fourth-order valence-electron chi connectivity index (χ4n) is 3.86. The Labute approximate surface area is 142 Å². The van der Waals surface area contributed by atoms with Gasteiger partial charge in [0, 0.05) is 25.7 Å². The van der Waals surface area contributed by atoms with Crippen molar-refractivity contribution in [3.05, 3.63) is 22.4 Å². The highest BCUT2D eigenvalue weighted by atomic mass is 32.2. The molecule has 0 aliphatic carbocycles. The van der Waals surface area contributed by atoms with Crippen molar-refractivity contribution in [1.82, 2.24) is 9.21 Å². The van der Waals surface area contributed by atoms with E-state index in [-0.39, 0.29) is 11.9 Å². The number of carbonyl (C=O) groups excluding carboxylic acids is 1. The molecule has 2 saturated heterocycles. The van der Waals surface area contributed by atoms with Crippen molar-refractivity contribution >= 4 is 27.3 Å². The highest BCUT2D eigenvalue weighted by Gasteiger charge is 2.37. The number of hydrogen-bond acceptors (Lipinski definition) is 4. The minimum Gasteiger partial charge on any atom is -0.338 e. The van der Waals surface area contributed by atoms with Crippen LogP contribution in [-0.4, -0.2) is 55.5 Å². The van der Waals surface area contributed by atoms with Crippen LogP contribution in [0, 0.1) is 5.92 Å². The summed E-state index contributed by atoms with van der Waals surface area (Å²) in [6.45, 7) is 2.11. The molecule has 1 atom stereocenters. The van der Waals surface area contributed by atoms with Crippen LogP contribution in [0.1, 0.15) is 41.8 Å². The van der Waals surface area contributed by atoms with Crippen molar-refractivity contribution < 1.29 is 13.2 Å². The molecule has 128 valence electrons. The summed E-state index contributed by atoms with van der Waals surface area (Å²) in [5, 5.41) is 1.92. The van der Waals surface area contributed by atoms with Crippen molar-refractivity contribution in [1.29, 1.82) is 0 Å². The van der Waals surface area contributed by atoms with Crippen LogP contribution >= 0.6 is 11.3 Å². The molecule has 3 rings (SSSR count). The van der Waals surface area contributed by atoms with Crippen LogP contribution in [0.15, 0.2) is 17.5 Å². The summed E-state index contributed by atoms with van der Waals surface area (Å²) >= 11 is 1.48. The molecule has 0 saturated carbocycles. The molecule has 0 spiro atoms. The summed E-state index contributed by atoms with van der Waals surface area (Å²) in [5.74, 6) is 0.486. The fourth-order valence-corrected chi connectivity index (χ4v) is 5.78. The van der Waals surface area contributed by atoms with Gasteiger partial charge in [-0.05, 0) is 43.0 Å². The summed E-state index contributed by atoms with van der Waals surface area (Å²) in [6, 6.07) is 3.89. The SMILES string of the molecule is CS(=O)(=O)N1CCCC[C@@H]1C1CCN(C(=O)c2cccs2)CC1. The number of hydrogen-bond donors (Lipinski definition) is 0. The zero-order chi connectivity index (χ0) is 16.4. The zero-order valence-corrected chi connectivity index (χ0v) is 15.1. The molecule has 0 unspecified atom stereocenters. The second-order valence-corrected chi connectivity index (χ2v) is 9.43. The van der Waals surface area contributed by atoms with Crippen LogP contribution in [-0.2, 0) is 10.0 Å². The molecule has 2 aliphatic rings. The van der Waals surface area contributed by atoms with E-state index in [2.05, 4.69) is 0 Å². The number of likely N-dealkylation sites (tertiary alicyclic amines) is 1. The molecule has 5 nitrogen and oxygen atoms in total. The first-order chi connectivity index (χ1) is 11.0. The van der Waals surface area contributed by atoms with Gasteiger partial charge in [-0.25, -0.2) is 8.42 Å². The van der Waals surface area contributed by atoms with Crippen molar-refractivity contribution in [3.8, 4) is 0 Å². The van der Waals surface area contributed by atoms with Crippen molar-refractivity contribution in [2.24, 2.45) is 5.92 Å². The first-order valence-corrected chi connectivity index (χ1v) is 11.0. The van der Waals surface area contributed by atoms with E-state index in [4.69, 9.17) is 0 Å². The Morgan fingerprint density at radius 3 is 2.52 bits per heavy atom. The van der Waals surface area contributed by atoms with Gasteiger partial charge in [-0.3, -0.25) is 4.79 Å². The topological polar surface area (TPSA) is 57.7 Å². The lowest BCUT2D eigenvalue weighted by Gasteiger charge is -2.42. The van der Waals surface area contributed by atoms with Gasteiger partial charge in [0.1, 0.15) is 0 Å². The highest BCUT2D eigenvalue weighted by Crippen LogP contribution is 2.32. The Bertz CT molecular complexity index is 634. The number of amides is 1. The molecule has 0 radical (unpaired) electrons. The van der Waals surface area contributed by atoms with E-state index in [0.29, 0.717) is 12.5 Å². The van der Waals surface area contributed by atoms with Gasteiger partial charge in [0.05, 0.1) is 11.1 Å². The van der Waals surface area contributed by atoms with E-state index in [0.717, 1.165) is 50.1 Å². The van der Waals surface area contributed by atoms with Crippen LogP contribution in [0.3, 0.4) is 0 Å². The van der Waals surface area contributed by atoms with Crippen LogP contribution in [0.4, 0.5) is 0 Å². The molecule has 0 N–H and O–H groups in total. The average molecular weight is 357 g/mol. The molecule has 2 aliphatic heterocycles. The number of nitrogens with zero attached hydrogens (tertiary/aromatic N) is 2. The van der Waals surface area contributed by atoms with E-state index in [1.54, 1.807) is 4.31 Å². The Morgan fingerprint density at radius 2 is 1.91 bits per heavy atom.